The van der Waals surface area contributed by atoms with E-state index in [2.05, 4.69) is 14.9 Å². The molecule has 30 heavy (non-hydrogen) atoms. The Morgan fingerprint density at radius 1 is 1.13 bits per heavy atom. The molecule has 1 amide bonds. The number of morpholine rings is 1. The lowest BCUT2D eigenvalue weighted by atomic mass is 9.89. The first kappa shape index (κ1) is 18.7. The summed E-state index contributed by atoms with van der Waals surface area (Å²) >= 11 is 0. The van der Waals surface area contributed by atoms with Crippen LogP contribution in [0.25, 0.3) is 22.6 Å². The third kappa shape index (κ3) is 2.69. The van der Waals surface area contributed by atoms with E-state index >= 15 is 0 Å². The molecule has 3 aromatic rings. The van der Waals surface area contributed by atoms with Crippen molar-refractivity contribution in [2.24, 2.45) is 0 Å². The van der Waals surface area contributed by atoms with Crippen LogP contribution < -0.4 is 9.80 Å². The standard InChI is InChI=1S/C23H23N5O2/c1-3-23-15-30-13-12-28(23)21-18(27(2)22(23)29)14-25-20(26-21)17-10-7-11-24-19(17)16-8-5-4-6-9-16/h4-11,14H,3,12-13,15H2,1-2H3/t23-/m1/s1. The van der Waals surface area contributed by atoms with Crippen LogP contribution in [0.15, 0.2) is 54.9 Å². The van der Waals surface area contributed by atoms with Gasteiger partial charge in [0.15, 0.2) is 11.6 Å². The highest BCUT2D eigenvalue weighted by molar-refractivity contribution is 6.07. The average Bonchev–Trinajstić information content (AvgIpc) is 2.82. The summed E-state index contributed by atoms with van der Waals surface area (Å²) in [5, 5.41) is 0. The maximum atomic E-state index is 13.2. The zero-order valence-corrected chi connectivity index (χ0v) is 17.1. The predicted molar refractivity (Wildman–Crippen MR) is 115 cm³/mol. The van der Waals surface area contributed by atoms with Crippen molar-refractivity contribution >= 4 is 17.4 Å². The van der Waals surface area contributed by atoms with E-state index in [1.807, 2.05) is 49.4 Å². The molecule has 7 nitrogen and oxygen atoms in total. The predicted octanol–water partition coefficient (Wildman–Crippen LogP) is 3.17. The van der Waals surface area contributed by atoms with Crippen LogP contribution in [-0.2, 0) is 9.53 Å². The first-order valence-corrected chi connectivity index (χ1v) is 10.2. The number of anilines is 2. The highest BCUT2D eigenvalue weighted by atomic mass is 16.5. The number of carbonyl (C=O) groups is 1. The van der Waals surface area contributed by atoms with Gasteiger partial charge in [-0.25, -0.2) is 9.97 Å². The van der Waals surface area contributed by atoms with E-state index in [9.17, 15) is 4.79 Å². The van der Waals surface area contributed by atoms with Crippen molar-refractivity contribution in [2.45, 2.75) is 18.9 Å². The Kier molecular flexibility index (Phi) is 4.47. The van der Waals surface area contributed by atoms with E-state index in [-0.39, 0.29) is 5.91 Å². The molecule has 2 aliphatic rings. The zero-order valence-electron chi connectivity index (χ0n) is 17.1. The number of hydrogen-bond acceptors (Lipinski definition) is 6. The van der Waals surface area contributed by atoms with Crippen LogP contribution in [0.4, 0.5) is 11.5 Å². The van der Waals surface area contributed by atoms with Crippen LogP contribution in [0.2, 0.25) is 0 Å². The van der Waals surface area contributed by atoms with E-state index < -0.39 is 5.54 Å². The molecule has 4 heterocycles. The molecule has 0 saturated carbocycles. The minimum atomic E-state index is -0.719. The first-order valence-electron chi connectivity index (χ1n) is 10.2. The molecule has 1 atom stereocenters. The summed E-state index contributed by atoms with van der Waals surface area (Å²) in [7, 11) is 1.78. The molecule has 2 aromatic heterocycles. The minimum absolute atomic E-state index is 0.0277. The van der Waals surface area contributed by atoms with Gasteiger partial charge in [0.25, 0.3) is 5.91 Å². The number of aromatic nitrogens is 3. The van der Waals surface area contributed by atoms with Crippen LogP contribution >= 0.6 is 0 Å². The molecule has 1 fully saturated rings. The summed E-state index contributed by atoms with van der Waals surface area (Å²) in [6.07, 6.45) is 4.17. The average molecular weight is 401 g/mol. The lowest BCUT2D eigenvalue weighted by Gasteiger charge is -2.51. The molecule has 1 aromatic carbocycles. The number of benzene rings is 1. The number of pyridine rings is 1. The number of carbonyl (C=O) groups excluding carboxylic acids is 1. The van der Waals surface area contributed by atoms with Crippen molar-refractivity contribution in [2.75, 3.05) is 36.6 Å². The van der Waals surface area contributed by atoms with Crippen molar-refractivity contribution in [1.29, 1.82) is 0 Å². The van der Waals surface area contributed by atoms with Crippen molar-refractivity contribution in [1.82, 2.24) is 15.0 Å². The molecule has 2 aliphatic heterocycles. The maximum Gasteiger partial charge on any atom is 0.255 e. The molecular formula is C23H23N5O2. The summed E-state index contributed by atoms with van der Waals surface area (Å²) in [4.78, 5) is 31.2. The van der Waals surface area contributed by atoms with E-state index in [1.165, 1.54) is 0 Å². The van der Waals surface area contributed by atoms with Crippen LogP contribution in [-0.4, -0.2) is 53.2 Å². The quantitative estimate of drug-likeness (QED) is 0.671. The highest BCUT2D eigenvalue weighted by Crippen LogP contribution is 2.42. The Labute approximate surface area is 175 Å². The molecule has 0 N–H and O–H groups in total. The molecule has 0 unspecified atom stereocenters. The number of ether oxygens (including phenoxy) is 1. The molecule has 1 saturated heterocycles. The van der Waals surface area contributed by atoms with Gasteiger partial charge >= 0.3 is 0 Å². The van der Waals surface area contributed by atoms with Gasteiger partial charge in [0.05, 0.1) is 25.1 Å². The van der Waals surface area contributed by atoms with Gasteiger partial charge in [-0.15, -0.1) is 0 Å². The molecule has 0 radical (unpaired) electrons. The first-order chi connectivity index (χ1) is 14.7. The van der Waals surface area contributed by atoms with E-state index in [0.717, 1.165) is 28.3 Å². The third-order valence-corrected chi connectivity index (χ3v) is 6.07. The largest absolute Gasteiger partial charge is 0.377 e. The number of hydrogen-bond donors (Lipinski definition) is 0. The highest BCUT2D eigenvalue weighted by Gasteiger charge is 2.51. The molecule has 152 valence electrons. The molecule has 7 heteroatoms. The Morgan fingerprint density at radius 3 is 2.77 bits per heavy atom. The molecule has 0 aliphatic carbocycles. The summed E-state index contributed by atoms with van der Waals surface area (Å²) in [5.41, 5.74) is 2.71. The molecule has 0 bridgehead atoms. The number of nitrogens with zero attached hydrogens (tertiary/aromatic N) is 5. The Bertz CT molecular complexity index is 1100. The van der Waals surface area contributed by atoms with Gasteiger partial charge < -0.3 is 14.5 Å². The van der Waals surface area contributed by atoms with E-state index in [4.69, 9.17) is 9.72 Å². The summed E-state index contributed by atoms with van der Waals surface area (Å²) < 4.78 is 5.72. The maximum absolute atomic E-state index is 13.2. The second-order valence-corrected chi connectivity index (χ2v) is 7.62. The second-order valence-electron chi connectivity index (χ2n) is 7.62. The van der Waals surface area contributed by atoms with Crippen molar-refractivity contribution in [3.05, 3.63) is 54.9 Å². The van der Waals surface area contributed by atoms with Gasteiger partial charge in [0, 0.05) is 30.9 Å². The second kappa shape index (κ2) is 7.18. The van der Waals surface area contributed by atoms with E-state index in [1.54, 1.807) is 24.3 Å². The Morgan fingerprint density at radius 2 is 1.97 bits per heavy atom. The van der Waals surface area contributed by atoms with Crippen molar-refractivity contribution in [3.63, 3.8) is 0 Å². The van der Waals surface area contributed by atoms with E-state index in [0.29, 0.717) is 32.0 Å². The van der Waals surface area contributed by atoms with Crippen molar-refractivity contribution < 1.29 is 9.53 Å². The fourth-order valence-electron chi connectivity index (χ4n) is 4.38. The van der Waals surface area contributed by atoms with Gasteiger partial charge in [0.1, 0.15) is 11.2 Å². The Hall–Kier alpha value is -3.32. The summed E-state index contributed by atoms with van der Waals surface area (Å²) in [6.45, 7) is 3.58. The molecular weight excluding hydrogens is 378 g/mol. The fourth-order valence-corrected chi connectivity index (χ4v) is 4.38. The monoisotopic (exact) mass is 401 g/mol. The lowest BCUT2D eigenvalue weighted by molar-refractivity contribution is -0.128. The number of rotatable bonds is 3. The van der Waals surface area contributed by atoms with Crippen molar-refractivity contribution in [3.8, 4) is 22.6 Å². The smallest absolute Gasteiger partial charge is 0.255 e. The zero-order chi connectivity index (χ0) is 20.7. The third-order valence-electron chi connectivity index (χ3n) is 6.07. The van der Waals surface area contributed by atoms with Gasteiger partial charge in [-0.2, -0.15) is 0 Å². The van der Waals surface area contributed by atoms with Crippen LogP contribution in [0.3, 0.4) is 0 Å². The number of fused-ring (bicyclic) bond motifs is 3. The van der Waals surface area contributed by atoms with Gasteiger partial charge in [-0.1, -0.05) is 37.3 Å². The number of amides is 1. The fraction of sp³-hybridized carbons (Fsp3) is 0.304. The van der Waals surface area contributed by atoms with Crippen LogP contribution in [0, 0.1) is 0 Å². The van der Waals surface area contributed by atoms with Gasteiger partial charge in [-0.3, -0.25) is 9.78 Å². The van der Waals surface area contributed by atoms with Crippen LogP contribution in [0.5, 0.6) is 0 Å². The van der Waals surface area contributed by atoms with Crippen LogP contribution in [0.1, 0.15) is 13.3 Å². The minimum Gasteiger partial charge on any atom is -0.377 e. The topological polar surface area (TPSA) is 71.5 Å². The van der Waals surface area contributed by atoms with Gasteiger partial charge in [0.2, 0.25) is 0 Å². The lowest BCUT2D eigenvalue weighted by Crippen LogP contribution is -2.68. The Balaban J connectivity index is 1.67. The normalized spacial score (nSPS) is 20.7. The van der Waals surface area contributed by atoms with Gasteiger partial charge in [-0.05, 0) is 18.6 Å². The number of likely N-dealkylation sites (N-methyl/N-ethyl adjacent to an activating group) is 1. The SMILES string of the molecule is CC[C@]12COCCN1c1nc(-c3cccnc3-c3ccccc3)ncc1N(C)C2=O. The summed E-state index contributed by atoms with van der Waals surface area (Å²) in [6, 6.07) is 13.9. The molecule has 5 rings (SSSR count). The summed E-state index contributed by atoms with van der Waals surface area (Å²) in [5.74, 6) is 1.40. The molecule has 0 spiro atoms.